The van der Waals surface area contributed by atoms with E-state index in [-0.39, 0.29) is 0 Å². The van der Waals surface area contributed by atoms with Crippen LogP contribution in [0.3, 0.4) is 0 Å². The molecule has 0 fully saturated rings. The van der Waals surface area contributed by atoms with Gasteiger partial charge in [0.05, 0.1) is 5.69 Å². The summed E-state index contributed by atoms with van der Waals surface area (Å²) in [6.45, 7) is 7.15. The largest absolute Gasteiger partial charge is 0.493 e. The summed E-state index contributed by atoms with van der Waals surface area (Å²) >= 11 is 0. The van der Waals surface area contributed by atoms with E-state index >= 15 is 0 Å². The Morgan fingerprint density at radius 2 is 1.93 bits per heavy atom. The molecule has 0 aliphatic heterocycles. The molecule has 0 spiro atoms. The van der Waals surface area contributed by atoms with Crippen molar-refractivity contribution in [3.8, 4) is 5.88 Å². The van der Waals surface area contributed by atoms with Gasteiger partial charge in [-0.2, -0.15) is 5.10 Å². The van der Waals surface area contributed by atoms with Crippen LogP contribution in [0.4, 0.5) is 0 Å². The van der Waals surface area contributed by atoms with Gasteiger partial charge in [0.2, 0.25) is 5.88 Å². The molecule has 3 heteroatoms. The predicted octanol–water partition coefficient (Wildman–Crippen LogP) is 2.90. The van der Waals surface area contributed by atoms with Gasteiger partial charge in [0, 0.05) is 12.1 Å². The summed E-state index contributed by atoms with van der Waals surface area (Å²) in [4.78, 5) is 0. The van der Waals surface area contributed by atoms with Crippen LogP contribution in [-0.4, -0.2) is 14.9 Å². The maximum Gasteiger partial charge on any atom is 0.212 e. The zero-order valence-electron chi connectivity index (χ0n) is 10.1. The first kappa shape index (κ1) is 12.1. The van der Waals surface area contributed by atoms with Crippen molar-refractivity contribution in [1.82, 2.24) is 9.78 Å². The smallest absolute Gasteiger partial charge is 0.212 e. The molecule has 0 aliphatic rings. The van der Waals surface area contributed by atoms with Crippen LogP contribution in [0.2, 0.25) is 0 Å². The topological polar surface area (TPSA) is 38.0 Å². The zero-order valence-corrected chi connectivity index (χ0v) is 10.1. The number of aromatic nitrogens is 2. The van der Waals surface area contributed by atoms with Crippen LogP contribution >= 0.6 is 0 Å². The Kier molecular flexibility index (Phi) is 4.66. The van der Waals surface area contributed by atoms with Gasteiger partial charge in [-0.3, -0.25) is 0 Å². The second-order valence-electron chi connectivity index (χ2n) is 3.93. The summed E-state index contributed by atoms with van der Waals surface area (Å²) in [7, 11) is 0. The fourth-order valence-electron chi connectivity index (χ4n) is 1.81. The average Bonchev–Trinajstić information content (AvgIpc) is 2.53. The van der Waals surface area contributed by atoms with E-state index < -0.39 is 0 Å². The summed E-state index contributed by atoms with van der Waals surface area (Å²) in [6.07, 6.45) is 5.18. The molecule has 15 heavy (non-hydrogen) atoms. The minimum atomic E-state index is 0.380. The quantitative estimate of drug-likeness (QED) is 0.784. The van der Waals surface area contributed by atoms with E-state index in [0.29, 0.717) is 5.88 Å². The summed E-state index contributed by atoms with van der Waals surface area (Å²) in [5, 5.41) is 14.4. The van der Waals surface area contributed by atoms with Crippen LogP contribution in [0.25, 0.3) is 0 Å². The van der Waals surface area contributed by atoms with Crippen molar-refractivity contribution >= 4 is 0 Å². The number of rotatable bonds is 6. The van der Waals surface area contributed by atoms with Crippen LogP contribution < -0.4 is 0 Å². The van der Waals surface area contributed by atoms with Crippen molar-refractivity contribution in [1.29, 1.82) is 0 Å². The maximum absolute atomic E-state index is 9.94. The number of nitrogens with zero attached hydrogens (tertiary/aromatic N) is 2. The van der Waals surface area contributed by atoms with Gasteiger partial charge in [-0.05, 0) is 25.7 Å². The lowest BCUT2D eigenvalue weighted by Crippen LogP contribution is -1.99. The Bertz CT molecular complexity index is 305. The Morgan fingerprint density at radius 3 is 2.47 bits per heavy atom. The van der Waals surface area contributed by atoms with E-state index in [1.165, 1.54) is 6.42 Å². The van der Waals surface area contributed by atoms with E-state index in [1.54, 1.807) is 4.68 Å². The number of hydrogen-bond donors (Lipinski definition) is 1. The van der Waals surface area contributed by atoms with E-state index in [2.05, 4.69) is 25.9 Å². The lowest BCUT2D eigenvalue weighted by molar-refractivity contribution is 0.393. The van der Waals surface area contributed by atoms with Crippen LogP contribution in [0, 0.1) is 0 Å². The molecule has 0 aromatic carbocycles. The molecule has 1 aromatic rings. The summed E-state index contributed by atoms with van der Waals surface area (Å²) < 4.78 is 1.74. The normalized spacial score (nSPS) is 10.9. The third kappa shape index (κ3) is 2.74. The van der Waals surface area contributed by atoms with Gasteiger partial charge in [0.1, 0.15) is 0 Å². The van der Waals surface area contributed by atoms with Crippen molar-refractivity contribution in [3.63, 3.8) is 0 Å². The van der Waals surface area contributed by atoms with E-state index in [0.717, 1.165) is 43.5 Å². The second-order valence-corrected chi connectivity index (χ2v) is 3.93. The summed E-state index contributed by atoms with van der Waals surface area (Å²) in [5.74, 6) is 0.380. The monoisotopic (exact) mass is 210 g/mol. The molecule has 0 saturated heterocycles. The minimum absolute atomic E-state index is 0.380. The fraction of sp³-hybridized carbons (Fsp3) is 0.750. The molecule has 1 rings (SSSR count). The van der Waals surface area contributed by atoms with Gasteiger partial charge in [0.15, 0.2) is 0 Å². The number of aromatic hydroxyl groups is 1. The minimum Gasteiger partial charge on any atom is -0.493 e. The van der Waals surface area contributed by atoms with Gasteiger partial charge in [-0.25, -0.2) is 4.68 Å². The van der Waals surface area contributed by atoms with Crippen LogP contribution in [0.5, 0.6) is 5.88 Å². The predicted molar refractivity (Wildman–Crippen MR) is 62.2 cm³/mol. The van der Waals surface area contributed by atoms with Gasteiger partial charge < -0.3 is 5.11 Å². The third-order valence-corrected chi connectivity index (χ3v) is 2.66. The molecular weight excluding hydrogens is 188 g/mol. The first-order valence-electron chi connectivity index (χ1n) is 6.02. The molecule has 0 bridgehead atoms. The molecule has 3 nitrogen and oxygen atoms in total. The molecule has 0 aliphatic carbocycles. The van der Waals surface area contributed by atoms with Gasteiger partial charge in [-0.15, -0.1) is 0 Å². The SMILES string of the molecule is CCCCc1nn(CCC)c(O)c1CC. The first-order chi connectivity index (χ1) is 7.24. The molecule has 86 valence electrons. The lowest BCUT2D eigenvalue weighted by Gasteiger charge is -1.99. The van der Waals surface area contributed by atoms with Gasteiger partial charge in [0.25, 0.3) is 0 Å². The fourth-order valence-corrected chi connectivity index (χ4v) is 1.81. The van der Waals surface area contributed by atoms with Crippen molar-refractivity contribution in [3.05, 3.63) is 11.3 Å². The second kappa shape index (κ2) is 5.79. The van der Waals surface area contributed by atoms with Crippen molar-refractivity contribution in [2.75, 3.05) is 0 Å². The van der Waals surface area contributed by atoms with Crippen LogP contribution in [-0.2, 0) is 19.4 Å². The van der Waals surface area contributed by atoms with Gasteiger partial charge in [-0.1, -0.05) is 27.2 Å². The van der Waals surface area contributed by atoms with E-state index in [1.807, 2.05) is 0 Å². The highest BCUT2D eigenvalue weighted by atomic mass is 16.3. The van der Waals surface area contributed by atoms with Crippen LogP contribution in [0.15, 0.2) is 0 Å². The molecular formula is C12H22N2O. The molecule has 1 N–H and O–H groups in total. The Hall–Kier alpha value is -0.990. The number of aryl methyl sites for hydroxylation is 2. The highest BCUT2D eigenvalue weighted by molar-refractivity contribution is 5.30. The van der Waals surface area contributed by atoms with Crippen molar-refractivity contribution in [2.24, 2.45) is 0 Å². The number of hydrogen-bond acceptors (Lipinski definition) is 2. The Balaban J connectivity index is 2.88. The molecule has 0 unspecified atom stereocenters. The lowest BCUT2D eigenvalue weighted by atomic mass is 10.1. The van der Waals surface area contributed by atoms with Gasteiger partial charge >= 0.3 is 0 Å². The third-order valence-electron chi connectivity index (χ3n) is 2.66. The molecule has 0 atom stereocenters. The van der Waals surface area contributed by atoms with Crippen LogP contribution in [0.1, 0.15) is 51.3 Å². The highest BCUT2D eigenvalue weighted by Crippen LogP contribution is 2.23. The van der Waals surface area contributed by atoms with E-state index in [9.17, 15) is 5.11 Å². The highest BCUT2D eigenvalue weighted by Gasteiger charge is 2.14. The summed E-state index contributed by atoms with van der Waals surface area (Å²) in [6, 6.07) is 0. The first-order valence-corrected chi connectivity index (χ1v) is 6.02. The van der Waals surface area contributed by atoms with E-state index in [4.69, 9.17) is 0 Å². The standard InChI is InChI=1S/C12H22N2O/c1-4-7-8-11-10(6-3)12(15)14(13-11)9-5-2/h15H,4-9H2,1-3H3. The molecule has 0 radical (unpaired) electrons. The molecule has 0 amide bonds. The summed E-state index contributed by atoms with van der Waals surface area (Å²) in [5.41, 5.74) is 2.13. The van der Waals surface area contributed by atoms with Crippen molar-refractivity contribution < 1.29 is 5.11 Å². The molecule has 1 heterocycles. The zero-order chi connectivity index (χ0) is 11.3. The maximum atomic E-state index is 9.94. The average molecular weight is 210 g/mol. The molecule has 1 aromatic heterocycles. The molecule has 0 saturated carbocycles. The Morgan fingerprint density at radius 1 is 1.20 bits per heavy atom. The Labute approximate surface area is 92.1 Å². The van der Waals surface area contributed by atoms with Crippen molar-refractivity contribution in [2.45, 2.75) is 59.4 Å². The number of unbranched alkanes of at least 4 members (excludes halogenated alkanes) is 1.